The van der Waals surface area contributed by atoms with Gasteiger partial charge in [0.2, 0.25) is 0 Å². The molecule has 0 fully saturated rings. The summed E-state index contributed by atoms with van der Waals surface area (Å²) < 4.78 is 2.95. The molecule has 0 bridgehead atoms. The molecule has 0 saturated heterocycles. The molecule has 0 unspecified atom stereocenters. The van der Waals surface area contributed by atoms with E-state index >= 15 is 0 Å². The molecule has 0 heterocycles. The van der Waals surface area contributed by atoms with Crippen molar-refractivity contribution in [2.45, 2.75) is 27.7 Å². The van der Waals surface area contributed by atoms with Gasteiger partial charge in [0.15, 0.2) is 0 Å². The van der Waals surface area contributed by atoms with Crippen molar-refractivity contribution < 1.29 is 0 Å². The zero-order valence-electron chi connectivity index (χ0n) is 13.7. The normalized spacial score (nSPS) is 10.8. The van der Waals surface area contributed by atoms with Crippen molar-refractivity contribution >= 4 is 39.5 Å². The van der Waals surface area contributed by atoms with Crippen LogP contribution in [0.25, 0.3) is 0 Å². The Morgan fingerprint density at radius 3 is 1.52 bits per heavy atom. The number of anilines is 2. The Morgan fingerprint density at radius 1 is 0.762 bits per heavy atom. The molecule has 0 aromatic heterocycles. The van der Waals surface area contributed by atoms with E-state index in [0.29, 0.717) is 0 Å². The fourth-order valence-electron chi connectivity index (χ4n) is 2.81. The number of rotatable bonds is 3. The minimum atomic E-state index is -0.360. The first-order valence-corrected chi connectivity index (χ1v) is 9.45. The standard InChI is InChI=1S/C18H24N2Te/c1-11-7-15(8-12(2)17(11)19)21-16-9-13(3)18(20(5)6)14(4)10-16/h7-10H,19H2,1-6H3. The molecule has 0 aliphatic heterocycles. The predicted molar refractivity (Wildman–Crippen MR) is 95.6 cm³/mol. The molecule has 2 nitrogen and oxygen atoms in total. The molecule has 21 heavy (non-hydrogen) atoms. The van der Waals surface area contributed by atoms with Gasteiger partial charge in [-0.1, -0.05) is 0 Å². The second-order valence-electron chi connectivity index (χ2n) is 5.87. The second kappa shape index (κ2) is 6.30. The summed E-state index contributed by atoms with van der Waals surface area (Å²) in [5.41, 5.74) is 13.5. The van der Waals surface area contributed by atoms with E-state index < -0.39 is 0 Å². The average Bonchev–Trinajstić information content (AvgIpc) is 2.34. The van der Waals surface area contributed by atoms with E-state index in [1.54, 1.807) is 0 Å². The van der Waals surface area contributed by atoms with Crippen LogP contribution in [-0.4, -0.2) is 35.0 Å². The molecule has 2 aromatic rings. The van der Waals surface area contributed by atoms with Crippen LogP contribution in [0.1, 0.15) is 22.3 Å². The van der Waals surface area contributed by atoms with Gasteiger partial charge in [-0.2, -0.15) is 0 Å². The quantitative estimate of drug-likeness (QED) is 0.637. The SMILES string of the molecule is Cc1cc([Te]c2cc(C)c(N(C)C)c(C)c2)cc(C)c1N. The number of hydrogen-bond acceptors (Lipinski definition) is 2. The molecule has 0 spiro atoms. The van der Waals surface area contributed by atoms with Gasteiger partial charge in [0.05, 0.1) is 0 Å². The molecule has 0 aliphatic carbocycles. The van der Waals surface area contributed by atoms with E-state index in [1.807, 2.05) is 0 Å². The van der Waals surface area contributed by atoms with Gasteiger partial charge in [-0.15, -0.1) is 0 Å². The first-order valence-electron chi connectivity index (χ1n) is 7.12. The fraction of sp³-hybridized carbons (Fsp3) is 0.333. The Labute approximate surface area is 138 Å². The third-order valence-corrected chi connectivity index (χ3v) is 6.41. The second-order valence-corrected chi connectivity index (χ2v) is 9.15. The third-order valence-electron chi connectivity index (χ3n) is 3.71. The van der Waals surface area contributed by atoms with Crippen LogP contribution in [0.15, 0.2) is 24.3 Å². The first kappa shape index (κ1) is 16.2. The van der Waals surface area contributed by atoms with Crippen LogP contribution in [-0.2, 0) is 0 Å². The van der Waals surface area contributed by atoms with Crippen LogP contribution < -0.4 is 17.9 Å². The van der Waals surface area contributed by atoms with Crippen LogP contribution in [0, 0.1) is 27.7 Å². The molecule has 112 valence electrons. The van der Waals surface area contributed by atoms with E-state index in [2.05, 4.69) is 71.0 Å². The Kier molecular flexibility index (Phi) is 4.86. The topological polar surface area (TPSA) is 29.3 Å². The predicted octanol–water partition coefficient (Wildman–Crippen LogP) is 2.22. The zero-order chi connectivity index (χ0) is 15.7. The van der Waals surface area contributed by atoms with Crippen molar-refractivity contribution in [1.29, 1.82) is 0 Å². The van der Waals surface area contributed by atoms with Gasteiger partial charge in [-0.3, -0.25) is 0 Å². The Bertz CT molecular complexity index is 629. The average molecular weight is 396 g/mol. The van der Waals surface area contributed by atoms with Crippen molar-refractivity contribution in [3.8, 4) is 0 Å². The Hall–Kier alpha value is -1.17. The number of nitrogens with zero attached hydrogens (tertiary/aromatic N) is 1. The summed E-state index contributed by atoms with van der Waals surface area (Å²) in [7, 11) is 4.22. The van der Waals surface area contributed by atoms with Crippen LogP contribution in [0.3, 0.4) is 0 Å². The molecule has 0 amide bonds. The Morgan fingerprint density at radius 2 is 1.14 bits per heavy atom. The maximum absolute atomic E-state index is 6.05. The number of nitrogens with two attached hydrogens (primary N) is 1. The third kappa shape index (κ3) is 3.54. The summed E-state index contributed by atoms with van der Waals surface area (Å²) in [6.07, 6.45) is 0. The molecule has 2 rings (SSSR count). The minimum absolute atomic E-state index is 0.360. The van der Waals surface area contributed by atoms with Gasteiger partial charge in [0, 0.05) is 0 Å². The van der Waals surface area contributed by atoms with Crippen LogP contribution in [0.2, 0.25) is 0 Å². The number of benzene rings is 2. The van der Waals surface area contributed by atoms with Crippen LogP contribution in [0.5, 0.6) is 0 Å². The summed E-state index contributed by atoms with van der Waals surface area (Å²) in [4.78, 5) is 2.20. The summed E-state index contributed by atoms with van der Waals surface area (Å²) >= 11 is -0.360. The number of hydrogen-bond donors (Lipinski definition) is 1. The summed E-state index contributed by atoms with van der Waals surface area (Å²) in [5, 5.41) is 0. The van der Waals surface area contributed by atoms with Gasteiger partial charge in [-0.25, -0.2) is 0 Å². The van der Waals surface area contributed by atoms with Gasteiger partial charge in [-0.05, 0) is 0 Å². The van der Waals surface area contributed by atoms with Crippen molar-refractivity contribution in [3.05, 3.63) is 46.5 Å². The Balaban J connectivity index is 2.37. The zero-order valence-corrected chi connectivity index (χ0v) is 16.1. The van der Waals surface area contributed by atoms with E-state index in [0.717, 1.165) is 5.69 Å². The van der Waals surface area contributed by atoms with E-state index in [1.165, 1.54) is 35.2 Å². The molecule has 0 aliphatic rings. The molecule has 3 heteroatoms. The molecule has 2 aromatic carbocycles. The van der Waals surface area contributed by atoms with E-state index in [4.69, 9.17) is 5.73 Å². The van der Waals surface area contributed by atoms with Gasteiger partial charge < -0.3 is 0 Å². The summed E-state index contributed by atoms with van der Waals surface area (Å²) in [5.74, 6) is 0. The molecule has 0 atom stereocenters. The van der Waals surface area contributed by atoms with Crippen molar-refractivity contribution in [1.82, 2.24) is 0 Å². The molecule has 0 saturated carbocycles. The molecule has 0 radical (unpaired) electrons. The van der Waals surface area contributed by atoms with Gasteiger partial charge in [0.1, 0.15) is 0 Å². The van der Waals surface area contributed by atoms with E-state index in [-0.39, 0.29) is 20.9 Å². The number of aryl methyl sites for hydroxylation is 4. The van der Waals surface area contributed by atoms with Crippen molar-refractivity contribution in [2.24, 2.45) is 0 Å². The van der Waals surface area contributed by atoms with E-state index in [9.17, 15) is 0 Å². The monoisotopic (exact) mass is 398 g/mol. The number of nitrogen functional groups attached to an aromatic ring is 1. The van der Waals surface area contributed by atoms with Gasteiger partial charge in [0.25, 0.3) is 0 Å². The maximum atomic E-state index is 6.05. The molecular weight excluding hydrogens is 372 g/mol. The van der Waals surface area contributed by atoms with Crippen LogP contribution in [0.4, 0.5) is 11.4 Å². The van der Waals surface area contributed by atoms with Crippen molar-refractivity contribution in [2.75, 3.05) is 24.7 Å². The molecule has 2 N–H and O–H groups in total. The van der Waals surface area contributed by atoms with Gasteiger partial charge >= 0.3 is 138 Å². The summed E-state index contributed by atoms with van der Waals surface area (Å²) in [6.45, 7) is 8.62. The molecular formula is C18H24N2Te. The van der Waals surface area contributed by atoms with Crippen molar-refractivity contribution in [3.63, 3.8) is 0 Å². The first-order chi connectivity index (χ1) is 9.79. The summed E-state index contributed by atoms with van der Waals surface area (Å²) in [6, 6.07) is 9.22. The van der Waals surface area contributed by atoms with Crippen LogP contribution >= 0.6 is 0 Å². The fourth-order valence-corrected chi connectivity index (χ4v) is 6.28.